The second kappa shape index (κ2) is 10.1. The first kappa shape index (κ1) is 21.0. The molecule has 4 nitrogen and oxygen atoms in total. The van der Waals surface area contributed by atoms with Crippen LogP contribution < -0.4 is 19.1 Å². The van der Waals surface area contributed by atoms with Gasteiger partial charge in [0.25, 0.3) is 0 Å². The molecule has 0 bridgehead atoms. The van der Waals surface area contributed by atoms with Gasteiger partial charge in [-0.2, -0.15) is 0 Å². The largest absolute Gasteiger partial charge is 0.490 e. The fourth-order valence-electron chi connectivity index (χ4n) is 4.15. The molecule has 1 saturated heterocycles. The lowest BCUT2D eigenvalue weighted by molar-refractivity contribution is 0.00752. The fourth-order valence-corrected chi connectivity index (χ4v) is 4.15. The van der Waals surface area contributed by atoms with Crippen molar-refractivity contribution in [2.24, 2.45) is 0 Å². The van der Waals surface area contributed by atoms with E-state index >= 15 is 0 Å². The van der Waals surface area contributed by atoms with Crippen LogP contribution in [-0.2, 0) is 0 Å². The second-order valence-electron chi connectivity index (χ2n) is 7.96. The molecule has 1 radical (unpaired) electrons. The quantitative estimate of drug-likeness (QED) is 0.338. The third-order valence-corrected chi connectivity index (χ3v) is 5.62. The molecular weight excluding hydrogens is 410 g/mol. The number of piperidine rings is 1. The summed E-state index contributed by atoms with van der Waals surface area (Å²) >= 11 is 0. The summed E-state index contributed by atoms with van der Waals surface area (Å²) in [6.07, 6.45) is 0.770. The third kappa shape index (κ3) is 5.29. The Balaban J connectivity index is 1.48. The minimum atomic E-state index is -0.272. The minimum Gasteiger partial charge on any atom is -0.490 e. The molecule has 2 atom stereocenters. The van der Waals surface area contributed by atoms with Crippen LogP contribution in [0, 0.1) is 6.07 Å². The number of hydrogen-bond acceptors (Lipinski definition) is 4. The lowest BCUT2D eigenvalue weighted by Gasteiger charge is -2.45. The lowest BCUT2D eigenvalue weighted by atomic mass is 10.0. The van der Waals surface area contributed by atoms with E-state index in [1.165, 1.54) is 0 Å². The van der Waals surface area contributed by atoms with Crippen LogP contribution in [0.5, 0.6) is 17.2 Å². The van der Waals surface area contributed by atoms with Gasteiger partial charge < -0.3 is 19.1 Å². The highest BCUT2D eigenvalue weighted by atomic mass is 16.5. The highest BCUT2D eigenvalue weighted by molar-refractivity contribution is 5.48. The predicted octanol–water partition coefficient (Wildman–Crippen LogP) is 6.34. The van der Waals surface area contributed by atoms with Crippen LogP contribution in [0.15, 0.2) is 115 Å². The minimum absolute atomic E-state index is 0.0682. The molecule has 0 aliphatic carbocycles. The Morgan fingerprint density at radius 2 is 0.970 bits per heavy atom. The maximum absolute atomic E-state index is 6.51. The summed E-state index contributed by atoms with van der Waals surface area (Å²) in [4.78, 5) is 2.21. The number of hydrogen-bond donors (Lipinski definition) is 0. The molecule has 5 rings (SSSR count). The molecule has 0 N–H and O–H groups in total. The summed E-state index contributed by atoms with van der Waals surface area (Å²) in [5.74, 6) is 2.48. The van der Waals surface area contributed by atoms with E-state index in [1.54, 1.807) is 0 Å². The zero-order valence-corrected chi connectivity index (χ0v) is 18.3. The van der Waals surface area contributed by atoms with Crippen molar-refractivity contribution in [2.75, 3.05) is 4.90 Å². The zero-order valence-electron chi connectivity index (χ0n) is 18.3. The van der Waals surface area contributed by atoms with Crippen LogP contribution >= 0.6 is 0 Å². The summed E-state index contributed by atoms with van der Waals surface area (Å²) in [6, 6.07) is 40.8. The standard InChI is InChI=1S/C29H26NO3/c1-5-13-23(14-6-1)30-28(32-25-17-9-3-10-18-25)21-27(31-24-15-7-2-8-16-24)22-29(30)33-26-19-11-4-12-20-26/h2-20,27-29H,21-22H2. The van der Waals surface area contributed by atoms with Gasteiger partial charge in [0.1, 0.15) is 23.4 Å². The molecule has 4 aromatic rings. The Hall–Kier alpha value is -3.92. The second-order valence-corrected chi connectivity index (χ2v) is 7.96. The molecule has 2 unspecified atom stereocenters. The summed E-state index contributed by atoms with van der Waals surface area (Å²) in [6.45, 7) is 0. The van der Waals surface area contributed by atoms with Crippen molar-refractivity contribution >= 4 is 5.69 Å². The Labute approximate surface area is 195 Å². The monoisotopic (exact) mass is 436 g/mol. The van der Waals surface area contributed by atoms with E-state index in [2.05, 4.69) is 11.0 Å². The molecule has 165 valence electrons. The van der Waals surface area contributed by atoms with Crippen molar-refractivity contribution in [3.63, 3.8) is 0 Å². The van der Waals surface area contributed by atoms with Gasteiger partial charge in [0, 0.05) is 18.5 Å². The van der Waals surface area contributed by atoms with E-state index < -0.39 is 0 Å². The Morgan fingerprint density at radius 3 is 1.42 bits per heavy atom. The van der Waals surface area contributed by atoms with Crippen LogP contribution in [-0.4, -0.2) is 18.6 Å². The Kier molecular flexibility index (Phi) is 6.43. The third-order valence-electron chi connectivity index (χ3n) is 5.62. The van der Waals surface area contributed by atoms with Crippen molar-refractivity contribution in [3.8, 4) is 17.2 Å². The highest BCUT2D eigenvalue weighted by Gasteiger charge is 2.40. The Morgan fingerprint density at radius 1 is 0.545 bits per heavy atom. The van der Waals surface area contributed by atoms with Gasteiger partial charge >= 0.3 is 0 Å². The molecule has 0 saturated carbocycles. The first-order valence-corrected chi connectivity index (χ1v) is 11.2. The van der Waals surface area contributed by atoms with E-state index in [4.69, 9.17) is 14.2 Å². The maximum Gasteiger partial charge on any atom is 0.178 e. The van der Waals surface area contributed by atoms with E-state index in [9.17, 15) is 0 Å². The molecule has 0 aromatic heterocycles. The molecule has 0 amide bonds. The predicted molar refractivity (Wildman–Crippen MR) is 130 cm³/mol. The summed E-state index contributed by atoms with van der Waals surface area (Å²) in [5.41, 5.74) is 1.02. The normalized spacial score (nSPS) is 20.1. The van der Waals surface area contributed by atoms with Crippen LogP contribution in [0.4, 0.5) is 5.69 Å². The number of anilines is 1. The molecule has 33 heavy (non-hydrogen) atoms. The van der Waals surface area contributed by atoms with Gasteiger partial charge in [0.2, 0.25) is 0 Å². The molecule has 1 fully saturated rings. The average molecular weight is 437 g/mol. The van der Waals surface area contributed by atoms with Crippen LogP contribution in [0.2, 0.25) is 0 Å². The van der Waals surface area contributed by atoms with E-state index in [-0.39, 0.29) is 18.6 Å². The first-order chi connectivity index (χ1) is 16.3. The van der Waals surface area contributed by atoms with Crippen LogP contribution in [0.1, 0.15) is 12.8 Å². The van der Waals surface area contributed by atoms with Gasteiger partial charge in [0.05, 0.1) is 0 Å². The number of benzene rings is 4. The summed E-state index contributed by atoms with van der Waals surface area (Å²) in [5, 5.41) is 0. The van der Waals surface area contributed by atoms with Gasteiger partial charge in [0.15, 0.2) is 12.5 Å². The van der Waals surface area contributed by atoms with Crippen molar-refractivity contribution in [3.05, 3.63) is 121 Å². The summed E-state index contributed by atoms with van der Waals surface area (Å²) < 4.78 is 19.4. The van der Waals surface area contributed by atoms with Crippen molar-refractivity contribution in [2.45, 2.75) is 31.4 Å². The number of ether oxygens (including phenoxy) is 3. The molecule has 0 spiro atoms. The van der Waals surface area contributed by atoms with Crippen molar-refractivity contribution in [1.29, 1.82) is 0 Å². The van der Waals surface area contributed by atoms with E-state index in [0.29, 0.717) is 12.8 Å². The summed E-state index contributed by atoms with van der Waals surface area (Å²) in [7, 11) is 0. The SMILES string of the molecule is [c]1ccc(N2C(Oc3ccccc3)CC(Oc3ccccc3)CC2Oc2ccccc2)cc1. The number of nitrogens with zero attached hydrogens (tertiary/aromatic N) is 1. The van der Waals surface area contributed by atoms with Gasteiger partial charge in [-0.15, -0.1) is 0 Å². The Bertz CT molecular complexity index is 1060. The first-order valence-electron chi connectivity index (χ1n) is 11.2. The van der Waals surface area contributed by atoms with Gasteiger partial charge in [-0.1, -0.05) is 66.7 Å². The van der Waals surface area contributed by atoms with Gasteiger partial charge in [-0.25, -0.2) is 0 Å². The van der Waals surface area contributed by atoms with Crippen molar-refractivity contribution in [1.82, 2.24) is 0 Å². The van der Waals surface area contributed by atoms with Crippen LogP contribution in [0.25, 0.3) is 0 Å². The molecule has 1 heterocycles. The van der Waals surface area contributed by atoms with Crippen molar-refractivity contribution < 1.29 is 14.2 Å². The fraction of sp³-hybridized carbons (Fsp3) is 0.172. The maximum atomic E-state index is 6.51. The molecular formula is C29H26NO3. The molecule has 4 aromatic carbocycles. The lowest BCUT2D eigenvalue weighted by Crippen LogP contribution is -2.56. The number of rotatable bonds is 7. The highest BCUT2D eigenvalue weighted by Crippen LogP contribution is 2.34. The zero-order chi connectivity index (χ0) is 22.3. The van der Waals surface area contributed by atoms with Gasteiger partial charge in [-0.05, 0) is 54.6 Å². The van der Waals surface area contributed by atoms with E-state index in [0.717, 1.165) is 22.9 Å². The molecule has 1 aliphatic rings. The van der Waals surface area contributed by atoms with Gasteiger partial charge in [-0.3, -0.25) is 0 Å². The van der Waals surface area contributed by atoms with Crippen LogP contribution in [0.3, 0.4) is 0 Å². The molecule has 4 heteroatoms. The van der Waals surface area contributed by atoms with E-state index in [1.807, 2.05) is 115 Å². The number of para-hydroxylation sites is 3. The smallest absolute Gasteiger partial charge is 0.178 e. The average Bonchev–Trinajstić information content (AvgIpc) is 2.86. The topological polar surface area (TPSA) is 30.9 Å². The molecule has 1 aliphatic heterocycles.